The van der Waals surface area contributed by atoms with Crippen LogP contribution in [0.25, 0.3) is 0 Å². The Morgan fingerprint density at radius 3 is 1.83 bits per heavy atom. The summed E-state index contributed by atoms with van der Waals surface area (Å²) in [5.74, 6) is 0.379. The quantitative estimate of drug-likeness (QED) is 0.365. The first-order chi connectivity index (χ1) is 13.8. The summed E-state index contributed by atoms with van der Waals surface area (Å²) < 4.78 is 26.1. The third kappa shape index (κ3) is 7.97. The minimum Gasteiger partial charge on any atom is -0.368 e. The van der Waals surface area contributed by atoms with Gasteiger partial charge >= 0.3 is 7.60 Å². The fourth-order valence-electron chi connectivity index (χ4n) is 2.81. The molecule has 0 saturated carbocycles. The molecule has 0 heterocycles. The van der Waals surface area contributed by atoms with E-state index in [4.69, 9.17) is 9.05 Å². The Balaban J connectivity index is 2.32. The number of nitrogens with one attached hydrogen (secondary N) is 1. The van der Waals surface area contributed by atoms with Crippen molar-refractivity contribution in [1.82, 2.24) is 0 Å². The summed E-state index contributed by atoms with van der Waals surface area (Å²) in [4.78, 5) is 0. The van der Waals surface area contributed by atoms with E-state index in [9.17, 15) is 4.57 Å². The van der Waals surface area contributed by atoms with Crippen molar-refractivity contribution >= 4 is 13.3 Å². The molecule has 0 bridgehead atoms. The standard InChI is InChI=1S/C24H36NO3P/c1-19(2)15-17-27-29(26,28-18-16-20(3)4)24(22-9-7-6-8-10-22)25-23-13-11-21(5)12-14-23/h6-14,19-20,24-25H,15-18H2,1-5H3/t24-/m1/s1. The van der Waals surface area contributed by atoms with Gasteiger partial charge in [0.25, 0.3) is 0 Å². The summed E-state index contributed by atoms with van der Waals surface area (Å²) in [6.45, 7) is 11.4. The molecule has 0 unspecified atom stereocenters. The van der Waals surface area contributed by atoms with E-state index < -0.39 is 13.4 Å². The van der Waals surface area contributed by atoms with Gasteiger partial charge in [-0.2, -0.15) is 0 Å². The summed E-state index contributed by atoms with van der Waals surface area (Å²) in [5, 5.41) is 3.43. The maximum Gasteiger partial charge on any atom is 0.357 e. The molecule has 2 aromatic carbocycles. The summed E-state index contributed by atoms with van der Waals surface area (Å²) in [6.07, 6.45) is 1.67. The molecule has 1 atom stereocenters. The molecule has 0 fully saturated rings. The Labute approximate surface area is 176 Å². The molecule has 1 N–H and O–H groups in total. The van der Waals surface area contributed by atoms with Crippen molar-refractivity contribution in [1.29, 1.82) is 0 Å². The van der Waals surface area contributed by atoms with Crippen molar-refractivity contribution in [3.63, 3.8) is 0 Å². The van der Waals surface area contributed by atoms with Crippen LogP contribution in [0.4, 0.5) is 5.69 Å². The summed E-state index contributed by atoms with van der Waals surface area (Å²) >= 11 is 0. The molecule has 0 amide bonds. The van der Waals surface area contributed by atoms with Crippen molar-refractivity contribution in [2.45, 2.75) is 53.2 Å². The van der Waals surface area contributed by atoms with Crippen molar-refractivity contribution in [2.24, 2.45) is 11.8 Å². The SMILES string of the molecule is Cc1ccc(N[C@@H](c2ccccc2)P(=O)(OCCC(C)C)OCCC(C)C)cc1. The highest BCUT2D eigenvalue weighted by molar-refractivity contribution is 7.54. The molecular weight excluding hydrogens is 381 g/mol. The lowest BCUT2D eigenvalue weighted by Gasteiger charge is -2.29. The van der Waals surface area contributed by atoms with E-state index in [1.807, 2.05) is 61.5 Å². The predicted octanol–water partition coefficient (Wildman–Crippen LogP) is 7.42. The van der Waals surface area contributed by atoms with Crippen LogP contribution in [0, 0.1) is 18.8 Å². The van der Waals surface area contributed by atoms with Crippen LogP contribution in [0.3, 0.4) is 0 Å². The Morgan fingerprint density at radius 1 is 0.828 bits per heavy atom. The minimum absolute atomic E-state index is 0.412. The maximum absolute atomic E-state index is 14.0. The lowest BCUT2D eigenvalue weighted by Crippen LogP contribution is -2.16. The molecule has 0 saturated heterocycles. The normalized spacial score (nSPS) is 13.1. The lowest BCUT2D eigenvalue weighted by atomic mass is 10.2. The smallest absolute Gasteiger partial charge is 0.357 e. The highest BCUT2D eigenvalue weighted by Gasteiger charge is 2.37. The van der Waals surface area contributed by atoms with Gasteiger partial charge < -0.3 is 14.4 Å². The Hall–Kier alpha value is -1.61. The molecule has 0 aromatic heterocycles. The zero-order valence-corrected chi connectivity index (χ0v) is 19.3. The van der Waals surface area contributed by atoms with Gasteiger partial charge in [-0.1, -0.05) is 75.7 Å². The van der Waals surface area contributed by atoms with Gasteiger partial charge in [0.2, 0.25) is 0 Å². The monoisotopic (exact) mass is 417 g/mol. The molecule has 5 heteroatoms. The molecule has 0 spiro atoms. The number of rotatable bonds is 12. The molecule has 29 heavy (non-hydrogen) atoms. The van der Waals surface area contributed by atoms with Crippen LogP contribution in [-0.2, 0) is 13.6 Å². The summed E-state index contributed by atoms with van der Waals surface area (Å²) in [5.41, 5.74) is 2.96. The molecule has 2 rings (SSSR count). The minimum atomic E-state index is -3.45. The van der Waals surface area contributed by atoms with E-state index >= 15 is 0 Å². The number of anilines is 1. The van der Waals surface area contributed by atoms with Crippen molar-refractivity contribution in [3.05, 3.63) is 65.7 Å². The van der Waals surface area contributed by atoms with Crippen LogP contribution in [0.2, 0.25) is 0 Å². The molecule has 0 radical (unpaired) electrons. The Bertz CT molecular complexity index is 741. The fraction of sp³-hybridized carbons (Fsp3) is 0.500. The van der Waals surface area contributed by atoms with Gasteiger partial charge in [0.15, 0.2) is 5.78 Å². The Morgan fingerprint density at radius 2 is 1.34 bits per heavy atom. The van der Waals surface area contributed by atoms with Crippen LogP contribution in [0.5, 0.6) is 0 Å². The number of aryl methyl sites for hydroxylation is 1. The molecule has 2 aromatic rings. The fourth-order valence-corrected chi connectivity index (χ4v) is 4.74. The van der Waals surface area contributed by atoms with E-state index in [-0.39, 0.29) is 0 Å². The van der Waals surface area contributed by atoms with Gasteiger partial charge in [-0.3, -0.25) is 4.57 Å². The first-order valence-corrected chi connectivity index (χ1v) is 12.2. The number of hydrogen-bond acceptors (Lipinski definition) is 4. The van der Waals surface area contributed by atoms with Crippen molar-refractivity contribution < 1.29 is 13.6 Å². The average molecular weight is 418 g/mol. The lowest BCUT2D eigenvalue weighted by molar-refractivity contribution is 0.184. The molecule has 0 aliphatic carbocycles. The van der Waals surface area contributed by atoms with E-state index in [0.717, 1.165) is 24.1 Å². The maximum atomic E-state index is 14.0. The van der Waals surface area contributed by atoms with Crippen LogP contribution >= 0.6 is 7.60 Å². The predicted molar refractivity (Wildman–Crippen MR) is 122 cm³/mol. The third-order valence-corrected chi connectivity index (χ3v) is 6.86. The molecular formula is C24H36NO3P. The first-order valence-electron chi connectivity index (χ1n) is 10.6. The second-order valence-electron chi connectivity index (χ2n) is 8.39. The molecule has 160 valence electrons. The van der Waals surface area contributed by atoms with E-state index in [0.29, 0.717) is 25.0 Å². The highest BCUT2D eigenvalue weighted by Crippen LogP contribution is 2.61. The second kappa shape index (κ2) is 11.5. The third-order valence-electron chi connectivity index (χ3n) is 4.72. The zero-order valence-electron chi connectivity index (χ0n) is 18.4. The molecule has 0 aliphatic heterocycles. The number of benzene rings is 2. The average Bonchev–Trinajstić information content (AvgIpc) is 2.67. The van der Waals surface area contributed by atoms with E-state index in [1.54, 1.807) is 0 Å². The van der Waals surface area contributed by atoms with E-state index in [1.165, 1.54) is 5.56 Å². The summed E-state index contributed by atoms with van der Waals surface area (Å²) in [6, 6.07) is 17.9. The van der Waals surface area contributed by atoms with Crippen LogP contribution in [0.1, 0.15) is 57.4 Å². The zero-order chi connectivity index (χ0) is 21.3. The van der Waals surface area contributed by atoms with Gasteiger partial charge in [-0.15, -0.1) is 0 Å². The van der Waals surface area contributed by atoms with Crippen LogP contribution in [-0.4, -0.2) is 13.2 Å². The second-order valence-corrected chi connectivity index (χ2v) is 10.5. The van der Waals surface area contributed by atoms with Gasteiger partial charge in [0.05, 0.1) is 13.2 Å². The number of hydrogen-bond donors (Lipinski definition) is 1. The van der Waals surface area contributed by atoms with Gasteiger partial charge in [0.1, 0.15) is 0 Å². The first kappa shape index (κ1) is 23.7. The van der Waals surface area contributed by atoms with Crippen molar-refractivity contribution in [3.8, 4) is 0 Å². The highest BCUT2D eigenvalue weighted by atomic mass is 31.2. The molecule has 4 nitrogen and oxygen atoms in total. The largest absolute Gasteiger partial charge is 0.368 e. The Kier molecular flexibility index (Phi) is 9.42. The molecule has 0 aliphatic rings. The van der Waals surface area contributed by atoms with Crippen LogP contribution < -0.4 is 5.32 Å². The van der Waals surface area contributed by atoms with Gasteiger partial charge in [0, 0.05) is 5.69 Å². The van der Waals surface area contributed by atoms with Gasteiger partial charge in [-0.05, 0) is 49.3 Å². The van der Waals surface area contributed by atoms with Crippen LogP contribution in [0.15, 0.2) is 54.6 Å². The van der Waals surface area contributed by atoms with Crippen molar-refractivity contribution in [2.75, 3.05) is 18.5 Å². The van der Waals surface area contributed by atoms with E-state index in [2.05, 4.69) is 33.0 Å². The summed E-state index contributed by atoms with van der Waals surface area (Å²) in [7, 11) is -3.45. The van der Waals surface area contributed by atoms with Gasteiger partial charge in [-0.25, -0.2) is 0 Å². The topological polar surface area (TPSA) is 47.6 Å².